The van der Waals surface area contributed by atoms with Gasteiger partial charge in [-0.3, -0.25) is 4.79 Å². The highest BCUT2D eigenvalue weighted by atomic mass is 16.5. The number of carbonyl (C=O) groups is 1. The van der Waals surface area contributed by atoms with Crippen LogP contribution in [0.5, 0.6) is 0 Å². The van der Waals surface area contributed by atoms with Gasteiger partial charge in [0.25, 0.3) is 5.91 Å². The molecule has 2 aliphatic heterocycles. The van der Waals surface area contributed by atoms with Crippen LogP contribution in [0.2, 0.25) is 0 Å². The van der Waals surface area contributed by atoms with Gasteiger partial charge in [0.15, 0.2) is 0 Å². The van der Waals surface area contributed by atoms with Crippen molar-refractivity contribution in [2.24, 2.45) is 0 Å². The lowest BCUT2D eigenvalue weighted by Crippen LogP contribution is -2.40. The molecule has 1 aromatic heterocycles. The molecule has 2 aliphatic rings. The first-order chi connectivity index (χ1) is 9.66. The molecule has 1 aromatic rings. The van der Waals surface area contributed by atoms with Gasteiger partial charge in [-0.25, -0.2) is 0 Å². The first kappa shape index (κ1) is 13.5. The molecule has 1 saturated heterocycles. The summed E-state index contributed by atoms with van der Waals surface area (Å²) >= 11 is 0. The number of rotatable bonds is 2. The Morgan fingerprint density at radius 1 is 1.30 bits per heavy atom. The number of aromatic nitrogens is 3. The summed E-state index contributed by atoms with van der Waals surface area (Å²) in [6.07, 6.45) is 2.41. The summed E-state index contributed by atoms with van der Waals surface area (Å²) in [5.74, 6) is 2.52. The number of fused-ring (bicyclic) bond motifs is 1. The van der Waals surface area contributed by atoms with E-state index in [0.717, 1.165) is 50.5 Å². The minimum Gasteiger partial charge on any atom is -0.368 e. The molecule has 1 unspecified atom stereocenters. The summed E-state index contributed by atoms with van der Waals surface area (Å²) in [4.78, 5) is 14.3. The average Bonchev–Trinajstić information content (AvgIpc) is 3.04. The number of nitrogens with zero attached hydrogens (tertiary/aromatic N) is 4. The Balaban J connectivity index is 1.71. The van der Waals surface area contributed by atoms with Crippen molar-refractivity contribution in [2.45, 2.75) is 51.7 Å². The Morgan fingerprint density at radius 3 is 2.85 bits per heavy atom. The van der Waals surface area contributed by atoms with Gasteiger partial charge in [-0.15, -0.1) is 10.2 Å². The molecule has 1 fully saturated rings. The van der Waals surface area contributed by atoms with Gasteiger partial charge in [-0.05, 0) is 12.8 Å². The highest BCUT2D eigenvalue weighted by molar-refractivity contribution is 5.81. The standard InChI is InChI=1S/C14H22N4O2/c1-10(2)13-16-15-12-5-6-17(7-8-18(12)13)14(19)11-4-3-9-20-11/h10-11H,3-9H2,1-2H3. The Morgan fingerprint density at radius 2 is 2.15 bits per heavy atom. The first-order valence-electron chi connectivity index (χ1n) is 7.49. The van der Waals surface area contributed by atoms with Gasteiger partial charge in [0.2, 0.25) is 0 Å². The molecule has 0 spiro atoms. The van der Waals surface area contributed by atoms with Crippen molar-refractivity contribution in [3.63, 3.8) is 0 Å². The van der Waals surface area contributed by atoms with E-state index in [1.54, 1.807) is 0 Å². The maximum absolute atomic E-state index is 12.4. The van der Waals surface area contributed by atoms with E-state index in [2.05, 4.69) is 28.6 Å². The number of hydrogen-bond donors (Lipinski definition) is 0. The highest BCUT2D eigenvalue weighted by Gasteiger charge is 2.30. The largest absolute Gasteiger partial charge is 0.368 e. The van der Waals surface area contributed by atoms with Crippen molar-refractivity contribution >= 4 is 5.91 Å². The number of hydrogen-bond acceptors (Lipinski definition) is 4. The maximum Gasteiger partial charge on any atom is 0.251 e. The van der Waals surface area contributed by atoms with Crippen LogP contribution in [0, 0.1) is 0 Å². The van der Waals surface area contributed by atoms with E-state index in [1.807, 2.05) is 4.90 Å². The van der Waals surface area contributed by atoms with E-state index < -0.39 is 0 Å². The molecule has 1 amide bonds. The minimum absolute atomic E-state index is 0.146. The van der Waals surface area contributed by atoms with Gasteiger partial charge in [-0.2, -0.15) is 0 Å². The second-order valence-electron chi connectivity index (χ2n) is 5.86. The van der Waals surface area contributed by atoms with E-state index in [0.29, 0.717) is 12.5 Å². The fraction of sp³-hybridized carbons (Fsp3) is 0.786. The number of ether oxygens (including phenoxy) is 1. The van der Waals surface area contributed by atoms with Crippen molar-refractivity contribution in [3.8, 4) is 0 Å². The third-order valence-electron chi connectivity index (χ3n) is 4.09. The summed E-state index contributed by atoms with van der Waals surface area (Å²) < 4.78 is 7.68. The molecular formula is C14H22N4O2. The molecule has 3 rings (SSSR count). The Bertz CT molecular complexity index is 491. The van der Waals surface area contributed by atoms with Gasteiger partial charge in [0.05, 0.1) is 0 Å². The van der Waals surface area contributed by atoms with Crippen molar-refractivity contribution < 1.29 is 9.53 Å². The molecule has 20 heavy (non-hydrogen) atoms. The fourth-order valence-electron chi connectivity index (χ4n) is 2.97. The molecule has 6 nitrogen and oxygen atoms in total. The molecule has 0 bridgehead atoms. The van der Waals surface area contributed by atoms with E-state index >= 15 is 0 Å². The summed E-state index contributed by atoms with van der Waals surface area (Å²) in [5, 5.41) is 8.54. The normalized spacial score (nSPS) is 22.9. The lowest BCUT2D eigenvalue weighted by atomic mass is 10.2. The summed E-state index contributed by atoms with van der Waals surface area (Å²) in [5.41, 5.74) is 0. The van der Waals surface area contributed by atoms with Crippen LogP contribution >= 0.6 is 0 Å². The first-order valence-corrected chi connectivity index (χ1v) is 7.49. The van der Waals surface area contributed by atoms with Crippen LogP contribution in [0.4, 0.5) is 0 Å². The van der Waals surface area contributed by atoms with E-state index in [9.17, 15) is 4.79 Å². The number of amides is 1. The van der Waals surface area contributed by atoms with Crippen LogP contribution in [0.3, 0.4) is 0 Å². The van der Waals surface area contributed by atoms with Gasteiger partial charge in [-0.1, -0.05) is 13.8 Å². The van der Waals surface area contributed by atoms with Gasteiger partial charge >= 0.3 is 0 Å². The van der Waals surface area contributed by atoms with E-state index in [-0.39, 0.29) is 12.0 Å². The van der Waals surface area contributed by atoms with Crippen LogP contribution in [0.1, 0.15) is 44.3 Å². The van der Waals surface area contributed by atoms with E-state index in [1.165, 1.54) is 0 Å². The SMILES string of the molecule is CC(C)c1nnc2n1CCN(C(=O)C1CCCO1)CC2. The second kappa shape index (κ2) is 5.52. The van der Waals surface area contributed by atoms with Crippen LogP contribution in [-0.4, -0.2) is 51.4 Å². The predicted molar refractivity (Wildman–Crippen MR) is 73.4 cm³/mol. The lowest BCUT2D eigenvalue weighted by molar-refractivity contribution is -0.140. The smallest absolute Gasteiger partial charge is 0.251 e. The average molecular weight is 278 g/mol. The zero-order valence-corrected chi connectivity index (χ0v) is 12.2. The zero-order valence-electron chi connectivity index (χ0n) is 12.2. The van der Waals surface area contributed by atoms with Crippen LogP contribution < -0.4 is 0 Å². The monoisotopic (exact) mass is 278 g/mol. The van der Waals surface area contributed by atoms with Crippen LogP contribution in [0.25, 0.3) is 0 Å². The third-order valence-corrected chi connectivity index (χ3v) is 4.09. The fourth-order valence-corrected chi connectivity index (χ4v) is 2.97. The molecule has 1 atom stereocenters. The van der Waals surface area contributed by atoms with Crippen molar-refractivity contribution in [3.05, 3.63) is 11.6 Å². The summed E-state index contributed by atoms with van der Waals surface area (Å²) in [7, 11) is 0. The predicted octanol–water partition coefficient (Wildman–Crippen LogP) is 0.965. The molecule has 3 heterocycles. The van der Waals surface area contributed by atoms with E-state index in [4.69, 9.17) is 4.74 Å². The summed E-state index contributed by atoms with van der Waals surface area (Å²) in [6.45, 7) is 7.19. The summed E-state index contributed by atoms with van der Waals surface area (Å²) in [6, 6.07) is 0. The van der Waals surface area contributed by atoms with Crippen molar-refractivity contribution in [1.29, 1.82) is 0 Å². The van der Waals surface area contributed by atoms with Crippen molar-refractivity contribution in [2.75, 3.05) is 19.7 Å². The Kier molecular flexibility index (Phi) is 3.74. The number of carbonyl (C=O) groups excluding carboxylic acids is 1. The Hall–Kier alpha value is -1.43. The Labute approximate surface area is 119 Å². The minimum atomic E-state index is -0.219. The molecule has 0 aromatic carbocycles. The molecule has 0 N–H and O–H groups in total. The van der Waals surface area contributed by atoms with Crippen molar-refractivity contribution in [1.82, 2.24) is 19.7 Å². The van der Waals surface area contributed by atoms with Gasteiger partial charge < -0.3 is 14.2 Å². The van der Waals surface area contributed by atoms with Gasteiger partial charge in [0.1, 0.15) is 17.8 Å². The van der Waals surface area contributed by atoms with Crippen LogP contribution in [0.15, 0.2) is 0 Å². The molecule has 6 heteroatoms. The maximum atomic E-state index is 12.4. The second-order valence-corrected chi connectivity index (χ2v) is 5.86. The quantitative estimate of drug-likeness (QED) is 0.808. The molecule has 110 valence electrons. The molecule has 0 saturated carbocycles. The van der Waals surface area contributed by atoms with Crippen LogP contribution in [-0.2, 0) is 22.5 Å². The molecule has 0 aliphatic carbocycles. The third kappa shape index (κ3) is 2.44. The van der Waals surface area contributed by atoms with Gasteiger partial charge in [0, 0.05) is 38.6 Å². The molecule has 0 radical (unpaired) electrons. The molecular weight excluding hydrogens is 256 g/mol. The highest BCUT2D eigenvalue weighted by Crippen LogP contribution is 2.19. The zero-order chi connectivity index (χ0) is 14.1. The lowest BCUT2D eigenvalue weighted by Gasteiger charge is -2.23. The topological polar surface area (TPSA) is 60.2 Å².